The first-order valence-corrected chi connectivity index (χ1v) is 10.8. The Bertz CT molecular complexity index is 878. The molecule has 4 rings (SSSR count). The predicted octanol–water partition coefficient (Wildman–Crippen LogP) is 2.44. The number of hydrogen-bond donors (Lipinski definition) is 0. The van der Waals surface area contributed by atoms with Crippen molar-refractivity contribution in [2.75, 3.05) is 19.7 Å². The number of ether oxygens (including phenoxy) is 1. The Labute approximate surface area is 158 Å². The predicted molar refractivity (Wildman–Crippen MR) is 97.0 cm³/mol. The Balaban J connectivity index is 1.31. The molecule has 0 aromatic carbocycles. The highest BCUT2D eigenvalue weighted by Gasteiger charge is 2.34. The third kappa shape index (κ3) is 3.84. The fourth-order valence-electron chi connectivity index (χ4n) is 3.50. The molecule has 1 saturated carbocycles. The van der Waals surface area contributed by atoms with E-state index in [1.807, 2.05) is 12.1 Å². The molecule has 27 heavy (non-hydrogen) atoms. The number of nitrogens with zero attached hydrogens (tertiary/aromatic N) is 4. The molecule has 0 bridgehead atoms. The first-order valence-electron chi connectivity index (χ1n) is 9.34. The highest BCUT2D eigenvalue weighted by Crippen LogP contribution is 2.38. The first-order chi connectivity index (χ1) is 12.9. The fourth-order valence-corrected chi connectivity index (χ4v) is 5.26. The van der Waals surface area contributed by atoms with Gasteiger partial charge in [0.15, 0.2) is 5.76 Å². The lowest BCUT2D eigenvalue weighted by atomic mass is 9.99. The molecule has 1 aliphatic heterocycles. The lowest BCUT2D eigenvalue weighted by Gasteiger charge is -2.30. The van der Waals surface area contributed by atoms with Crippen molar-refractivity contribution in [3.63, 3.8) is 0 Å². The Kier molecular flexibility index (Phi) is 4.90. The van der Waals surface area contributed by atoms with Crippen molar-refractivity contribution in [3.05, 3.63) is 29.3 Å². The van der Waals surface area contributed by atoms with Gasteiger partial charge >= 0.3 is 0 Å². The summed E-state index contributed by atoms with van der Waals surface area (Å²) < 4.78 is 38.0. The lowest BCUT2D eigenvalue weighted by molar-refractivity contribution is 0.179. The second-order valence-electron chi connectivity index (χ2n) is 7.38. The van der Waals surface area contributed by atoms with Crippen LogP contribution in [0.15, 0.2) is 21.6 Å². The van der Waals surface area contributed by atoms with Crippen molar-refractivity contribution < 1.29 is 17.7 Å². The molecule has 2 aromatic heterocycles. The molecule has 2 aromatic rings. The van der Waals surface area contributed by atoms with Crippen LogP contribution in [0.25, 0.3) is 0 Å². The van der Waals surface area contributed by atoms with Gasteiger partial charge in [-0.3, -0.25) is 0 Å². The molecule has 9 heteroatoms. The summed E-state index contributed by atoms with van der Waals surface area (Å²) in [5.41, 5.74) is 1.45. The maximum absolute atomic E-state index is 12.8. The van der Waals surface area contributed by atoms with Crippen LogP contribution in [0.1, 0.15) is 48.7 Å². The molecule has 0 N–H and O–H groups in total. The number of aryl methyl sites for hydroxylation is 2. The van der Waals surface area contributed by atoms with Gasteiger partial charge in [0.1, 0.15) is 10.6 Å². The SMILES string of the molecule is Cc1noc(C)c1S(=O)(=O)N1CCC(COc2ccc(C3CC3)nn2)CC1. The molecular weight excluding hydrogens is 368 g/mol. The molecule has 2 aliphatic rings. The van der Waals surface area contributed by atoms with Crippen LogP contribution in [0.2, 0.25) is 0 Å². The van der Waals surface area contributed by atoms with E-state index in [2.05, 4.69) is 15.4 Å². The minimum Gasteiger partial charge on any atom is -0.476 e. The third-order valence-corrected chi connectivity index (χ3v) is 7.41. The molecule has 0 amide bonds. The summed E-state index contributed by atoms with van der Waals surface area (Å²) in [7, 11) is -3.56. The van der Waals surface area contributed by atoms with Crippen LogP contribution in [-0.2, 0) is 10.0 Å². The Morgan fingerprint density at radius 2 is 1.89 bits per heavy atom. The number of hydrogen-bond acceptors (Lipinski definition) is 7. The van der Waals surface area contributed by atoms with Gasteiger partial charge in [-0.25, -0.2) is 8.42 Å². The summed E-state index contributed by atoms with van der Waals surface area (Å²) in [4.78, 5) is 0.197. The quantitative estimate of drug-likeness (QED) is 0.744. The van der Waals surface area contributed by atoms with Crippen molar-refractivity contribution in [3.8, 4) is 5.88 Å². The van der Waals surface area contributed by atoms with Gasteiger partial charge < -0.3 is 9.26 Å². The smallest absolute Gasteiger partial charge is 0.248 e. The highest BCUT2D eigenvalue weighted by atomic mass is 32.2. The van der Waals surface area contributed by atoms with Crippen LogP contribution in [0.3, 0.4) is 0 Å². The average molecular weight is 392 g/mol. The fraction of sp³-hybridized carbons (Fsp3) is 0.611. The van der Waals surface area contributed by atoms with E-state index < -0.39 is 10.0 Å². The first kappa shape index (κ1) is 18.4. The second-order valence-corrected chi connectivity index (χ2v) is 9.26. The molecule has 1 saturated heterocycles. The lowest BCUT2D eigenvalue weighted by Crippen LogP contribution is -2.40. The highest BCUT2D eigenvalue weighted by molar-refractivity contribution is 7.89. The van der Waals surface area contributed by atoms with Gasteiger partial charge in [0.2, 0.25) is 15.9 Å². The van der Waals surface area contributed by atoms with Gasteiger partial charge in [-0.2, -0.15) is 9.40 Å². The van der Waals surface area contributed by atoms with E-state index >= 15 is 0 Å². The molecule has 8 nitrogen and oxygen atoms in total. The monoisotopic (exact) mass is 392 g/mol. The minimum absolute atomic E-state index is 0.197. The molecule has 146 valence electrons. The molecule has 0 radical (unpaired) electrons. The van der Waals surface area contributed by atoms with Crippen LogP contribution in [0.4, 0.5) is 0 Å². The number of piperidine rings is 1. The number of aromatic nitrogens is 3. The van der Waals surface area contributed by atoms with Crippen LogP contribution >= 0.6 is 0 Å². The average Bonchev–Trinajstić information content (AvgIpc) is 3.45. The van der Waals surface area contributed by atoms with Crippen LogP contribution in [0, 0.1) is 19.8 Å². The van der Waals surface area contributed by atoms with E-state index in [4.69, 9.17) is 9.26 Å². The topological polar surface area (TPSA) is 98.4 Å². The second kappa shape index (κ2) is 7.20. The van der Waals surface area contributed by atoms with Gasteiger partial charge in [0.25, 0.3) is 0 Å². The van der Waals surface area contributed by atoms with Gasteiger partial charge in [-0.15, -0.1) is 5.10 Å². The third-order valence-electron chi connectivity index (χ3n) is 5.26. The summed E-state index contributed by atoms with van der Waals surface area (Å²) >= 11 is 0. The van der Waals surface area contributed by atoms with E-state index in [9.17, 15) is 8.42 Å². The maximum atomic E-state index is 12.8. The van der Waals surface area contributed by atoms with Crippen molar-refractivity contribution in [2.24, 2.45) is 5.92 Å². The molecule has 2 fully saturated rings. The molecule has 3 heterocycles. The molecule has 0 atom stereocenters. The van der Waals surface area contributed by atoms with E-state index in [0.29, 0.717) is 48.9 Å². The standard InChI is InChI=1S/C18H24N4O4S/c1-12-18(13(2)26-21-12)27(23,24)22-9-7-14(8-10-22)11-25-17-6-5-16(19-20-17)15-3-4-15/h5-6,14-15H,3-4,7-11H2,1-2H3. The number of rotatable bonds is 6. The summed E-state index contributed by atoms with van der Waals surface area (Å²) in [5, 5.41) is 12.1. The normalized spacial score (nSPS) is 19.3. The van der Waals surface area contributed by atoms with Gasteiger partial charge in [0.05, 0.1) is 12.3 Å². The molecular formula is C18H24N4O4S. The van der Waals surface area contributed by atoms with Crippen molar-refractivity contribution >= 4 is 10.0 Å². The van der Waals surface area contributed by atoms with Crippen LogP contribution < -0.4 is 4.74 Å². The Hall–Kier alpha value is -2.00. The summed E-state index contributed by atoms with van der Waals surface area (Å²) in [6, 6.07) is 3.86. The zero-order chi connectivity index (χ0) is 19.0. The van der Waals surface area contributed by atoms with Gasteiger partial charge in [-0.1, -0.05) is 5.16 Å². The largest absolute Gasteiger partial charge is 0.476 e. The van der Waals surface area contributed by atoms with E-state index in [1.165, 1.54) is 17.1 Å². The van der Waals surface area contributed by atoms with Crippen LogP contribution in [0.5, 0.6) is 5.88 Å². The molecule has 1 aliphatic carbocycles. The Morgan fingerprint density at radius 1 is 1.15 bits per heavy atom. The summed E-state index contributed by atoms with van der Waals surface area (Å²) in [6.45, 7) is 4.73. The zero-order valence-electron chi connectivity index (χ0n) is 15.6. The maximum Gasteiger partial charge on any atom is 0.248 e. The van der Waals surface area contributed by atoms with E-state index in [1.54, 1.807) is 13.8 Å². The Morgan fingerprint density at radius 3 is 2.44 bits per heavy atom. The molecule has 0 spiro atoms. The summed E-state index contributed by atoms with van der Waals surface area (Å²) in [5.74, 6) is 1.75. The van der Waals surface area contributed by atoms with Gasteiger partial charge in [-0.05, 0) is 51.5 Å². The van der Waals surface area contributed by atoms with Gasteiger partial charge in [0, 0.05) is 25.1 Å². The van der Waals surface area contributed by atoms with E-state index in [0.717, 1.165) is 18.5 Å². The number of sulfonamides is 1. The zero-order valence-corrected chi connectivity index (χ0v) is 16.4. The minimum atomic E-state index is -3.56. The summed E-state index contributed by atoms with van der Waals surface area (Å²) in [6.07, 6.45) is 3.89. The van der Waals surface area contributed by atoms with Crippen molar-refractivity contribution in [1.82, 2.24) is 19.7 Å². The van der Waals surface area contributed by atoms with E-state index in [-0.39, 0.29) is 4.90 Å². The van der Waals surface area contributed by atoms with Crippen molar-refractivity contribution in [1.29, 1.82) is 0 Å². The van der Waals surface area contributed by atoms with Crippen molar-refractivity contribution in [2.45, 2.75) is 50.3 Å². The molecule has 0 unspecified atom stereocenters. The van der Waals surface area contributed by atoms with Crippen LogP contribution in [-0.4, -0.2) is 47.8 Å².